The number of hydrogen-bond donors (Lipinski definition) is 1. The Labute approximate surface area is 150 Å². The zero-order valence-electron chi connectivity index (χ0n) is 14.2. The summed E-state index contributed by atoms with van der Waals surface area (Å²) >= 11 is 1.44. The molecule has 132 valence electrons. The number of thioether (sulfide) groups is 1. The topological polar surface area (TPSA) is 73.2 Å². The minimum Gasteiger partial charge on any atom is -0.465 e. The van der Waals surface area contributed by atoms with E-state index < -0.39 is 0 Å². The molecule has 0 bridgehead atoms. The first-order valence-corrected chi connectivity index (χ1v) is 9.44. The molecule has 2 aromatic rings. The summed E-state index contributed by atoms with van der Waals surface area (Å²) in [5.41, 5.74) is 3.03. The highest BCUT2D eigenvalue weighted by Crippen LogP contribution is 2.25. The van der Waals surface area contributed by atoms with Crippen molar-refractivity contribution in [3.63, 3.8) is 0 Å². The van der Waals surface area contributed by atoms with Gasteiger partial charge in [-0.25, -0.2) is 4.79 Å². The molecule has 0 unspecified atom stereocenters. The first kappa shape index (κ1) is 17.5. The number of methoxy groups -OCH3 is 1. The third-order valence-electron chi connectivity index (χ3n) is 4.08. The summed E-state index contributed by atoms with van der Waals surface area (Å²) in [4.78, 5) is 24.2. The van der Waals surface area contributed by atoms with Gasteiger partial charge in [-0.3, -0.25) is 9.48 Å². The van der Waals surface area contributed by atoms with E-state index in [1.165, 1.54) is 18.9 Å². The molecule has 0 atom stereocenters. The molecule has 1 aliphatic heterocycles. The molecule has 1 aromatic carbocycles. The number of carbonyl (C=O) groups excluding carboxylic acids is 2. The molecular weight excluding hydrogens is 338 g/mol. The minimum absolute atomic E-state index is 0.0696. The summed E-state index contributed by atoms with van der Waals surface area (Å²) < 4.78 is 6.84. The summed E-state index contributed by atoms with van der Waals surface area (Å²) in [7, 11) is 1.39. The van der Waals surface area contributed by atoms with E-state index in [-0.39, 0.29) is 11.9 Å². The SMILES string of the molecule is COC(=O)c1c(CSCC(=O)Nc2ccccc2)nn2c1CCCC2. The van der Waals surface area contributed by atoms with E-state index in [1.54, 1.807) is 0 Å². The van der Waals surface area contributed by atoms with Crippen LogP contribution in [0.5, 0.6) is 0 Å². The molecule has 0 radical (unpaired) electrons. The maximum absolute atomic E-state index is 12.1. The molecule has 1 amide bonds. The molecule has 1 aliphatic rings. The Morgan fingerprint density at radius 3 is 2.84 bits per heavy atom. The Kier molecular flexibility index (Phi) is 5.75. The average molecular weight is 359 g/mol. The van der Waals surface area contributed by atoms with Crippen LogP contribution < -0.4 is 5.32 Å². The van der Waals surface area contributed by atoms with E-state index in [1.807, 2.05) is 35.0 Å². The summed E-state index contributed by atoms with van der Waals surface area (Å²) in [6.07, 6.45) is 2.97. The van der Waals surface area contributed by atoms with E-state index in [2.05, 4.69) is 10.4 Å². The van der Waals surface area contributed by atoms with Gasteiger partial charge in [-0.05, 0) is 31.4 Å². The van der Waals surface area contributed by atoms with Gasteiger partial charge in [0, 0.05) is 18.0 Å². The number of aromatic nitrogens is 2. The molecule has 0 spiro atoms. The molecule has 1 N–H and O–H groups in total. The van der Waals surface area contributed by atoms with Gasteiger partial charge in [0.25, 0.3) is 0 Å². The number of amides is 1. The van der Waals surface area contributed by atoms with Gasteiger partial charge in [0.05, 0.1) is 24.3 Å². The van der Waals surface area contributed by atoms with Crippen molar-refractivity contribution in [3.8, 4) is 0 Å². The van der Waals surface area contributed by atoms with E-state index in [9.17, 15) is 9.59 Å². The number of ether oxygens (including phenoxy) is 1. The van der Waals surface area contributed by atoms with Crippen LogP contribution in [-0.4, -0.2) is 34.5 Å². The molecule has 0 saturated carbocycles. The number of rotatable bonds is 6. The Balaban J connectivity index is 1.62. The van der Waals surface area contributed by atoms with Gasteiger partial charge in [-0.2, -0.15) is 5.10 Å². The third-order valence-corrected chi connectivity index (χ3v) is 5.03. The fourth-order valence-electron chi connectivity index (χ4n) is 2.94. The van der Waals surface area contributed by atoms with Gasteiger partial charge in [-0.1, -0.05) is 18.2 Å². The van der Waals surface area contributed by atoms with Crippen LogP contribution in [0.4, 0.5) is 5.69 Å². The second-order valence-electron chi connectivity index (χ2n) is 5.85. The maximum atomic E-state index is 12.1. The number of anilines is 1. The second-order valence-corrected chi connectivity index (χ2v) is 6.83. The number of esters is 1. The quantitative estimate of drug-likeness (QED) is 0.803. The van der Waals surface area contributed by atoms with Crippen LogP contribution in [0.3, 0.4) is 0 Å². The molecule has 2 heterocycles. The predicted octanol–water partition coefficient (Wildman–Crippen LogP) is 2.88. The highest BCUT2D eigenvalue weighted by Gasteiger charge is 2.25. The van der Waals surface area contributed by atoms with Crippen molar-refractivity contribution in [2.24, 2.45) is 0 Å². The number of nitrogens with zero attached hydrogens (tertiary/aromatic N) is 2. The van der Waals surface area contributed by atoms with Crippen LogP contribution in [-0.2, 0) is 28.2 Å². The molecule has 6 nitrogen and oxygen atoms in total. The Morgan fingerprint density at radius 1 is 1.28 bits per heavy atom. The van der Waals surface area contributed by atoms with Gasteiger partial charge >= 0.3 is 5.97 Å². The van der Waals surface area contributed by atoms with Crippen LogP contribution in [0.25, 0.3) is 0 Å². The van der Waals surface area contributed by atoms with Gasteiger partial charge in [-0.15, -0.1) is 11.8 Å². The lowest BCUT2D eigenvalue weighted by molar-refractivity contribution is -0.113. The molecule has 25 heavy (non-hydrogen) atoms. The van der Waals surface area contributed by atoms with Gasteiger partial charge in [0.2, 0.25) is 5.91 Å². The highest BCUT2D eigenvalue weighted by molar-refractivity contribution is 7.99. The Hall–Kier alpha value is -2.28. The number of benzene rings is 1. The van der Waals surface area contributed by atoms with Gasteiger partial charge < -0.3 is 10.1 Å². The Morgan fingerprint density at radius 2 is 2.08 bits per heavy atom. The fraction of sp³-hybridized carbons (Fsp3) is 0.389. The molecule has 3 rings (SSSR count). The highest BCUT2D eigenvalue weighted by atomic mass is 32.2. The van der Waals surface area contributed by atoms with Crippen molar-refractivity contribution in [3.05, 3.63) is 47.3 Å². The molecule has 1 aromatic heterocycles. The lowest BCUT2D eigenvalue weighted by Gasteiger charge is -2.13. The van der Waals surface area contributed by atoms with Crippen molar-refractivity contribution < 1.29 is 14.3 Å². The van der Waals surface area contributed by atoms with Crippen LogP contribution in [0.1, 0.15) is 34.6 Å². The number of hydrogen-bond acceptors (Lipinski definition) is 5. The minimum atomic E-state index is -0.340. The normalized spacial score (nSPS) is 13.2. The molecular formula is C18H21N3O3S. The van der Waals surface area contributed by atoms with E-state index >= 15 is 0 Å². The number of carbonyl (C=O) groups is 2. The van der Waals surface area contributed by atoms with Crippen LogP contribution >= 0.6 is 11.8 Å². The summed E-state index contributed by atoms with van der Waals surface area (Å²) in [5.74, 6) is 0.400. The van der Waals surface area contributed by atoms with E-state index in [4.69, 9.17) is 4.74 Å². The number of para-hydroxylation sites is 1. The summed E-state index contributed by atoms with van der Waals surface area (Å²) in [6.45, 7) is 0.832. The molecule has 0 saturated heterocycles. The molecule has 0 aliphatic carbocycles. The average Bonchev–Trinajstić information content (AvgIpc) is 3.00. The summed E-state index contributed by atoms with van der Waals surface area (Å²) in [6, 6.07) is 9.35. The van der Waals surface area contributed by atoms with Crippen molar-refractivity contribution in [1.82, 2.24) is 9.78 Å². The molecule has 7 heteroatoms. The predicted molar refractivity (Wildman–Crippen MR) is 97.7 cm³/mol. The summed E-state index contributed by atoms with van der Waals surface area (Å²) in [5, 5.41) is 7.41. The number of nitrogens with one attached hydrogen (secondary N) is 1. The zero-order valence-corrected chi connectivity index (χ0v) is 15.0. The second kappa shape index (κ2) is 8.20. The lowest BCUT2D eigenvalue weighted by Crippen LogP contribution is -2.14. The van der Waals surface area contributed by atoms with E-state index in [0.29, 0.717) is 22.8 Å². The van der Waals surface area contributed by atoms with Crippen molar-refractivity contribution in [2.75, 3.05) is 18.2 Å². The maximum Gasteiger partial charge on any atom is 0.341 e. The largest absolute Gasteiger partial charge is 0.465 e. The molecule has 0 fully saturated rings. The monoisotopic (exact) mass is 359 g/mol. The fourth-order valence-corrected chi connectivity index (χ4v) is 3.70. The zero-order chi connectivity index (χ0) is 17.6. The third kappa shape index (κ3) is 4.22. The van der Waals surface area contributed by atoms with Crippen LogP contribution in [0.2, 0.25) is 0 Å². The van der Waals surface area contributed by atoms with Crippen LogP contribution in [0, 0.1) is 0 Å². The van der Waals surface area contributed by atoms with Gasteiger partial charge in [0.1, 0.15) is 5.56 Å². The van der Waals surface area contributed by atoms with Crippen molar-refractivity contribution in [2.45, 2.75) is 31.6 Å². The lowest BCUT2D eigenvalue weighted by atomic mass is 10.1. The first-order chi connectivity index (χ1) is 12.2. The first-order valence-electron chi connectivity index (χ1n) is 8.28. The number of fused-ring (bicyclic) bond motifs is 1. The standard InChI is InChI=1S/C18H21N3O3S/c1-24-18(23)17-14(20-21-10-6-5-9-15(17)21)11-25-12-16(22)19-13-7-3-2-4-8-13/h2-4,7-8H,5-6,9-12H2,1H3,(H,19,22). The van der Waals surface area contributed by atoms with Crippen LogP contribution in [0.15, 0.2) is 30.3 Å². The Bertz CT molecular complexity index is 758. The van der Waals surface area contributed by atoms with Gasteiger partial charge in [0.15, 0.2) is 0 Å². The van der Waals surface area contributed by atoms with E-state index in [0.717, 1.165) is 37.2 Å². The van der Waals surface area contributed by atoms with Crippen molar-refractivity contribution in [1.29, 1.82) is 0 Å². The number of aryl methyl sites for hydroxylation is 1. The smallest absolute Gasteiger partial charge is 0.341 e. The van der Waals surface area contributed by atoms with Crippen molar-refractivity contribution >= 4 is 29.3 Å².